The molecule has 1 aromatic rings. The van der Waals surface area contributed by atoms with Crippen molar-refractivity contribution < 1.29 is 24.5 Å². The fourth-order valence-electron chi connectivity index (χ4n) is 1.89. The molecule has 1 unspecified atom stereocenters. The van der Waals surface area contributed by atoms with Gasteiger partial charge in [-0.2, -0.15) is 0 Å². The van der Waals surface area contributed by atoms with Gasteiger partial charge in [-0.05, 0) is 31.2 Å². The van der Waals surface area contributed by atoms with Crippen LogP contribution in [0.1, 0.15) is 30.6 Å². The van der Waals surface area contributed by atoms with Crippen molar-refractivity contribution in [3.05, 3.63) is 29.3 Å². The number of rotatable bonds is 7. The molecule has 1 rings (SSSR count). The van der Waals surface area contributed by atoms with Gasteiger partial charge in [0, 0.05) is 16.9 Å². The molecule has 110 valence electrons. The summed E-state index contributed by atoms with van der Waals surface area (Å²) in [6.45, 7) is 2.04. The Bertz CT molecular complexity index is 486. The number of aliphatic hydroxyl groups is 1. The van der Waals surface area contributed by atoms with Gasteiger partial charge in [0.25, 0.3) is 0 Å². The van der Waals surface area contributed by atoms with Crippen molar-refractivity contribution in [2.45, 2.75) is 30.8 Å². The molecule has 0 aromatic heterocycles. The van der Waals surface area contributed by atoms with Gasteiger partial charge in [0.05, 0.1) is 6.61 Å². The number of hydrogen-bond donors (Lipinski definition) is 2. The molecule has 0 spiro atoms. The molecule has 5 nitrogen and oxygen atoms in total. The topological polar surface area (TPSA) is 83.8 Å². The number of thioether (sulfide) groups is 1. The molecular weight excluding hydrogens is 280 g/mol. The zero-order valence-corrected chi connectivity index (χ0v) is 12.3. The fraction of sp³-hybridized carbons (Fsp3) is 0.429. The minimum Gasteiger partial charge on any atom is -0.479 e. The van der Waals surface area contributed by atoms with Crippen LogP contribution < -0.4 is 0 Å². The standard InChI is InChI=1S/C14H18O5S/c1-3-19-11(15)8-7-9-5-4-6-10(20-2)12(9)13(16)14(17)18/h4-6,13,16H,3,7-8H2,1-2H3,(H,17,18). The maximum atomic E-state index is 11.4. The maximum absolute atomic E-state index is 11.4. The van der Waals surface area contributed by atoms with Crippen molar-refractivity contribution in [1.82, 2.24) is 0 Å². The maximum Gasteiger partial charge on any atom is 0.337 e. The van der Waals surface area contributed by atoms with Gasteiger partial charge >= 0.3 is 11.9 Å². The summed E-state index contributed by atoms with van der Waals surface area (Å²) in [5, 5.41) is 18.8. The number of carbonyl (C=O) groups excluding carboxylic acids is 1. The Morgan fingerprint density at radius 2 is 2.10 bits per heavy atom. The van der Waals surface area contributed by atoms with E-state index >= 15 is 0 Å². The minimum atomic E-state index is -1.59. The number of benzene rings is 1. The van der Waals surface area contributed by atoms with E-state index < -0.39 is 12.1 Å². The average molecular weight is 298 g/mol. The normalized spacial score (nSPS) is 11.9. The Morgan fingerprint density at radius 1 is 1.40 bits per heavy atom. The Hall–Kier alpha value is -1.53. The van der Waals surface area contributed by atoms with Gasteiger partial charge in [-0.25, -0.2) is 4.79 Å². The van der Waals surface area contributed by atoms with Crippen molar-refractivity contribution >= 4 is 23.7 Å². The Balaban J connectivity index is 3.00. The van der Waals surface area contributed by atoms with Crippen LogP contribution in [0.15, 0.2) is 23.1 Å². The highest BCUT2D eigenvalue weighted by molar-refractivity contribution is 7.98. The minimum absolute atomic E-state index is 0.158. The van der Waals surface area contributed by atoms with E-state index in [1.165, 1.54) is 11.8 Å². The predicted octanol–water partition coefficient (Wildman–Crippen LogP) is 2.02. The van der Waals surface area contributed by atoms with Crippen LogP contribution in [0.2, 0.25) is 0 Å². The summed E-state index contributed by atoms with van der Waals surface area (Å²) in [4.78, 5) is 23.1. The van der Waals surface area contributed by atoms with Crippen LogP contribution in [0.5, 0.6) is 0 Å². The number of aliphatic carboxylic acids is 1. The Morgan fingerprint density at radius 3 is 2.65 bits per heavy atom. The second kappa shape index (κ2) is 7.91. The molecule has 0 radical (unpaired) electrons. The molecule has 1 atom stereocenters. The summed E-state index contributed by atoms with van der Waals surface area (Å²) in [5.74, 6) is -1.64. The largest absolute Gasteiger partial charge is 0.479 e. The molecule has 0 saturated carbocycles. The molecule has 0 aliphatic heterocycles. The van der Waals surface area contributed by atoms with Gasteiger partial charge in [-0.15, -0.1) is 11.8 Å². The van der Waals surface area contributed by atoms with E-state index in [0.29, 0.717) is 29.1 Å². The van der Waals surface area contributed by atoms with Crippen LogP contribution >= 0.6 is 11.8 Å². The smallest absolute Gasteiger partial charge is 0.337 e. The number of carboxylic acid groups (broad SMARTS) is 1. The highest BCUT2D eigenvalue weighted by Crippen LogP contribution is 2.30. The molecule has 0 aliphatic rings. The lowest BCUT2D eigenvalue weighted by Gasteiger charge is -2.16. The first-order valence-corrected chi connectivity index (χ1v) is 7.46. The van der Waals surface area contributed by atoms with E-state index in [1.54, 1.807) is 25.1 Å². The van der Waals surface area contributed by atoms with Gasteiger partial charge in [0.1, 0.15) is 0 Å². The van der Waals surface area contributed by atoms with E-state index in [2.05, 4.69) is 0 Å². The van der Waals surface area contributed by atoms with E-state index in [1.807, 2.05) is 6.26 Å². The summed E-state index contributed by atoms with van der Waals surface area (Å²) < 4.78 is 4.85. The summed E-state index contributed by atoms with van der Waals surface area (Å²) in [6, 6.07) is 5.25. The fourth-order valence-corrected chi connectivity index (χ4v) is 2.57. The lowest BCUT2D eigenvalue weighted by molar-refractivity contribution is -0.147. The first kappa shape index (κ1) is 16.5. The van der Waals surface area contributed by atoms with Gasteiger partial charge in [-0.3, -0.25) is 4.79 Å². The Labute approximate surface area is 121 Å². The lowest BCUT2D eigenvalue weighted by Crippen LogP contribution is -2.15. The van der Waals surface area contributed by atoms with Crippen molar-refractivity contribution in [1.29, 1.82) is 0 Å². The molecule has 0 amide bonds. The zero-order valence-electron chi connectivity index (χ0n) is 11.5. The quantitative estimate of drug-likeness (QED) is 0.592. The lowest BCUT2D eigenvalue weighted by atomic mass is 9.98. The van der Waals surface area contributed by atoms with Crippen molar-refractivity contribution in [2.75, 3.05) is 12.9 Å². The zero-order chi connectivity index (χ0) is 15.1. The van der Waals surface area contributed by atoms with Crippen LogP contribution in [-0.4, -0.2) is 35.0 Å². The monoisotopic (exact) mass is 298 g/mol. The number of ether oxygens (including phenoxy) is 1. The SMILES string of the molecule is CCOC(=O)CCc1cccc(SC)c1C(O)C(=O)O. The van der Waals surface area contributed by atoms with Crippen LogP contribution in [0, 0.1) is 0 Å². The highest BCUT2D eigenvalue weighted by atomic mass is 32.2. The molecule has 0 heterocycles. The highest BCUT2D eigenvalue weighted by Gasteiger charge is 2.23. The van der Waals surface area contributed by atoms with Crippen molar-refractivity contribution in [3.63, 3.8) is 0 Å². The molecule has 0 aliphatic carbocycles. The third kappa shape index (κ3) is 4.25. The van der Waals surface area contributed by atoms with Gasteiger partial charge in [-0.1, -0.05) is 12.1 Å². The van der Waals surface area contributed by atoms with E-state index in [4.69, 9.17) is 9.84 Å². The van der Waals surface area contributed by atoms with Gasteiger partial charge < -0.3 is 14.9 Å². The first-order chi connectivity index (χ1) is 9.51. The molecular formula is C14H18O5S. The molecule has 0 saturated heterocycles. The molecule has 20 heavy (non-hydrogen) atoms. The molecule has 2 N–H and O–H groups in total. The average Bonchev–Trinajstić information content (AvgIpc) is 2.44. The van der Waals surface area contributed by atoms with Crippen molar-refractivity contribution in [3.8, 4) is 0 Å². The van der Waals surface area contributed by atoms with Crippen LogP contribution in [0.4, 0.5) is 0 Å². The number of hydrogen-bond acceptors (Lipinski definition) is 5. The van der Waals surface area contributed by atoms with Crippen LogP contribution in [-0.2, 0) is 20.7 Å². The number of carboxylic acids is 1. The third-order valence-electron chi connectivity index (χ3n) is 2.79. The molecule has 6 heteroatoms. The van der Waals surface area contributed by atoms with Gasteiger partial charge in [0.2, 0.25) is 0 Å². The Kier molecular flexibility index (Phi) is 6.54. The summed E-state index contributed by atoms with van der Waals surface area (Å²) >= 11 is 1.36. The van der Waals surface area contributed by atoms with E-state index in [-0.39, 0.29) is 12.4 Å². The van der Waals surface area contributed by atoms with E-state index in [0.717, 1.165) is 0 Å². The number of aliphatic hydroxyl groups excluding tert-OH is 1. The summed E-state index contributed by atoms with van der Waals surface area (Å²) in [7, 11) is 0. The number of aryl methyl sites for hydroxylation is 1. The van der Waals surface area contributed by atoms with Crippen LogP contribution in [0.25, 0.3) is 0 Å². The van der Waals surface area contributed by atoms with Gasteiger partial charge in [0.15, 0.2) is 6.10 Å². The second-order valence-electron chi connectivity index (χ2n) is 4.08. The second-order valence-corrected chi connectivity index (χ2v) is 4.93. The van der Waals surface area contributed by atoms with Crippen LogP contribution in [0.3, 0.4) is 0 Å². The molecule has 0 fully saturated rings. The summed E-state index contributed by atoms with van der Waals surface area (Å²) in [6.07, 6.45) is 0.719. The first-order valence-electron chi connectivity index (χ1n) is 6.23. The molecule has 1 aromatic carbocycles. The predicted molar refractivity (Wildman–Crippen MR) is 75.8 cm³/mol. The van der Waals surface area contributed by atoms with Crippen molar-refractivity contribution in [2.24, 2.45) is 0 Å². The summed E-state index contributed by atoms with van der Waals surface area (Å²) in [5.41, 5.74) is 1.01. The third-order valence-corrected chi connectivity index (χ3v) is 3.58. The van der Waals surface area contributed by atoms with E-state index in [9.17, 15) is 14.7 Å². The molecule has 0 bridgehead atoms. The number of carbonyl (C=O) groups is 2. The number of esters is 1.